The van der Waals surface area contributed by atoms with Crippen LogP contribution in [0.5, 0.6) is 0 Å². The minimum atomic E-state index is 0.925. The van der Waals surface area contributed by atoms with E-state index >= 15 is 0 Å². The molecule has 0 N–H and O–H groups in total. The Morgan fingerprint density at radius 2 is 1.50 bits per heavy atom. The Balaban J connectivity index is 0.000000103. The first kappa shape index (κ1) is 13.3. The largest absolute Gasteiger partial charge is 0.0879 e. The molecule has 0 aromatic heterocycles. The zero-order chi connectivity index (χ0) is 13.6. The Bertz CT molecular complexity index is 442. The van der Waals surface area contributed by atoms with Gasteiger partial charge in [0.2, 0.25) is 0 Å². The number of hydrogen-bond acceptors (Lipinski definition) is 0. The minimum Gasteiger partial charge on any atom is -0.0879 e. The van der Waals surface area contributed by atoms with E-state index < -0.39 is 0 Å². The van der Waals surface area contributed by atoms with Gasteiger partial charge in [0.05, 0.1) is 24.3 Å². The van der Waals surface area contributed by atoms with Crippen LogP contribution in [0.2, 0.25) is 0 Å². The molecule has 5 aliphatic rings. The Labute approximate surface area is 123 Å². The minimum absolute atomic E-state index is 0.925. The smallest absolute Gasteiger partial charge is 0.0799 e. The van der Waals surface area contributed by atoms with Gasteiger partial charge < -0.3 is 0 Å². The Morgan fingerprint density at radius 3 is 2.05 bits per heavy atom. The third kappa shape index (κ3) is 3.07. The van der Waals surface area contributed by atoms with Crippen LogP contribution in [0, 0.1) is 30.1 Å². The van der Waals surface area contributed by atoms with Crippen molar-refractivity contribution in [3.05, 3.63) is 79.3 Å². The summed E-state index contributed by atoms with van der Waals surface area (Å²) in [4.78, 5) is 0. The van der Waals surface area contributed by atoms with E-state index in [0.29, 0.717) is 0 Å². The van der Waals surface area contributed by atoms with Crippen LogP contribution in [0.1, 0.15) is 19.3 Å². The summed E-state index contributed by atoms with van der Waals surface area (Å²) < 4.78 is 0. The predicted molar refractivity (Wildman–Crippen MR) is 87.0 cm³/mol. The van der Waals surface area contributed by atoms with Gasteiger partial charge in [-0.3, -0.25) is 0 Å². The third-order valence-corrected chi connectivity index (χ3v) is 4.67. The molecular formula is C20H23+. The van der Waals surface area contributed by atoms with Gasteiger partial charge in [0.15, 0.2) is 0 Å². The summed E-state index contributed by atoms with van der Waals surface area (Å²) in [7, 11) is 0. The van der Waals surface area contributed by atoms with Crippen molar-refractivity contribution in [3.8, 4) is 0 Å². The highest BCUT2D eigenvalue weighted by Crippen LogP contribution is 2.52. The topological polar surface area (TPSA) is 0 Å². The van der Waals surface area contributed by atoms with Gasteiger partial charge in [-0.05, 0) is 42.9 Å². The molecule has 0 heteroatoms. The maximum absolute atomic E-state index is 2.44. The van der Waals surface area contributed by atoms with E-state index in [-0.39, 0.29) is 0 Å². The average Bonchev–Trinajstić information content (AvgIpc) is 3.34. The summed E-state index contributed by atoms with van der Waals surface area (Å²) in [6.07, 6.45) is 32.0. The molecule has 0 spiro atoms. The highest BCUT2D eigenvalue weighted by molar-refractivity contribution is 5.23. The van der Waals surface area contributed by atoms with Crippen molar-refractivity contribution in [1.29, 1.82) is 0 Å². The molecule has 0 heterocycles. The van der Waals surface area contributed by atoms with Gasteiger partial charge in [0.25, 0.3) is 0 Å². The first-order valence-electron chi connectivity index (χ1n) is 7.78. The number of hydrogen-bond donors (Lipinski definition) is 0. The van der Waals surface area contributed by atoms with E-state index in [9.17, 15) is 0 Å². The highest BCUT2D eigenvalue weighted by Gasteiger charge is 2.44. The first-order chi connectivity index (χ1) is 9.95. The SMILES string of the molecule is C1=CC2C3C=CC(C3)C2C1.C1=CCC=C1.C1=C[CH+]C=C1. The van der Waals surface area contributed by atoms with Crippen molar-refractivity contribution in [2.45, 2.75) is 19.3 Å². The lowest BCUT2D eigenvalue weighted by Crippen LogP contribution is -2.12. The lowest BCUT2D eigenvalue weighted by atomic mass is 9.86. The molecule has 0 radical (unpaired) electrons. The molecule has 2 bridgehead atoms. The second-order valence-corrected chi connectivity index (χ2v) is 5.91. The van der Waals surface area contributed by atoms with Crippen LogP contribution in [0.3, 0.4) is 0 Å². The average molecular weight is 263 g/mol. The van der Waals surface area contributed by atoms with Crippen molar-refractivity contribution < 1.29 is 0 Å². The van der Waals surface area contributed by atoms with E-state index in [1.807, 2.05) is 30.7 Å². The van der Waals surface area contributed by atoms with Crippen molar-refractivity contribution >= 4 is 0 Å². The van der Waals surface area contributed by atoms with Crippen molar-refractivity contribution in [2.24, 2.45) is 23.7 Å². The number of fused-ring (bicyclic) bond motifs is 5. The quantitative estimate of drug-likeness (QED) is 0.416. The van der Waals surface area contributed by atoms with Gasteiger partial charge in [0, 0.05) is 6.42 Å². The fraction of sp³-hybridized carbons (Fsp3) is 0.350. The molecule has 5 rings (SSSR count). The standard InChI is InChI=1S/C10H12.C5H6.C5H5/c1-2-9-7-4-5-8(6-7)10(9)3-1;2*1-2-4-5-3-1/h1-2,4-5,7-10H,3,6H2;1-4H,5H2;1-5H/q;;+1. The Hall–Kier alpha value is -1.69. The van der Waals surface area contributed by atoms with Crippen LogP contribution in [0.25, 0.3) is 0 Å². The summed E-state index contributed by atoms with van der Waals surface area (Å²) in [6.45, 7) is 0. The summed E-state index contributed by atoms with van der Waals surface area (Å²) in [6, 6.07) is 0. The molecular weight excluding hydrogens is 240 g/mol. The summed E-state index contributed by atoms with van der Waals surface area (Å²) in [5, 5.41) is 0. The zero-order valence-corrected chi connectivity index (χ0v) is 11.9. The molecule has 102 valence electrons. The van der Waals surface area contributed by atoms with Gasteiger partial charge >= 0.3 is 0 Å². The van der Waals surface area contributed by atoms with Crippen molar-refractivity contribution in [2.75, 3.05) is 0 Å². The molecule has 0 amide bonds. The molecule has 20 heavy (non-hydrogen) atoms. The van der Waals surface area contributed by atoms with Gasteiger partial charge in [-0.2, -0.15) is 0 Å². The van der Waals surface area contributed by atoms with Crippen LogP contribution < -0.4 is 0 Å². The molecule has 5 aliphatic carbocycles. The molecule has 1 fully saturated rings. The lowest BCUT2D eigenvalue weighted by Gasteiger charge is -2.18. The Morgan fingerprint density at radius 1 is 0.750 bits per heavy atom. The van der Waals surface area contributed by atoms with Crippen LogP contribution in [-0.4, -0.2) is 0 Å². The Kier molecular flexibility index (Phi) is 4.42. The fourth-order valence-corrected chi connectivity index (χ4v) is 3.69. The van der Waals surface area contributed by atoms with Crippen LogP contribution in [-0.2, 0) is 0 Å². The van der Waals surface area contributed by atoms with E-state index in [2.05, 4.69) is 48.6 Å². The highest BCUT2D eigenvalue weighted by atomic mass is 14.5. The molecule has 4 atom stereocenters. The molecule has 0 nitrogen and oxygen atoms in total. The molecule has 0 aromatic rings. The van der Waals surface area contributed by atoms with Gasteiger partial charge in [-0.1, -0.05) is 48.6 Å². The van der Waals surface area contributed by atoms with E-state index in [4.69, 9.17) is 0 Å². The monoisotopic (exact) mass is 263 g/mol. The van der Waals surface area contributed by atoms with Crippen LogP contribution in [0.4, 0.5) is 0 Å². The van der Waals surface area contributed by atoms with Gasteiger partial charge in [0.1, 0.15) is 0 Å². The second-order valence-electron chi connectivity index (χ2n) is 5.91. The molecule has 4 unspecified atom stereocenters. The van der Waals surface area contributed by atoms with Gasteiger partial charge in [-0.25, -0.2) is 0 Å². The van der Waals surface area contributed by atoms with Crippen molar-refractivity contribution in [3.63, 3.8) is 0 Å². The molecule has 0 saturated heterocycles. The van der Waals surface area contributed by atoms with E-state index in [0.717, 1.165) is 30.1 Å². The lowest BCUT2D eigenvalue weighted by molar-refractivity contribution is 0.398. The summed E-state index contributed by atoms with van der Waals surface area (Å²) in [5.74, 6) is 3.82. The maximum Gasteiger partial charge on any atom is 0.0799 e. The normalized spacial score (nSPS) is 35.6. The summed E-state index contributed by atoms with van der Waals surface area (Å²) in [5.41, 5.74) is 0. The molecule has 1 saturated carbocycles. The van der Waals surface area contributed by atoms with Crippen molar-refractivity contribution in [1.82, 2.24) is 0 Å². The first-order valence-corrected chi connectivity index (χ1v) is 7.78. The number of rotatable bonds is 0. The maximum atomic E-state index is 2.44. The zero-order valence-electron chi connectivity index (χ0n) is 11.9. The van der Waals surface area contributed by atoms with Gasteiger partial charge in [-0.15, -0.1) is 0 Å². The summed E-state index contributed by atoms with van der Waals surface area (Å²) >= 11 is 0. The predicted octanol–water partition coefficient (Wildman–Crippen LogP) is 5.20. The third-order valence-electron chi connectivity index (χ3n) is 4.67. The van der Waals surface area contributed by atoms with E-state index in [1.165, 1.54) is 12.8 Å². The van der Waals surface area contributed by atoms with Crippen LogP contribution >= 0.6 is 0 Å². The fourth-order valence-electron chi connectivity index (χ4n) is 3.69. The second kappa shape index (κ2) is 6.65. The number of allylic oxidation sites excluding steroid dienone is 12. The molecule has 0 aliphatic heterocycles. The molecule has 0 aromatic carbocycles. The van der Waals surface area contributed by atoms with E-state index in [1.54, 1.807) is 0 Å². The van der Waals surface area contributed by atoms with Crippen LogP contribution in [0.15, 0.2) is 72.9 Å².